The highest BCUT2D eigenvalue weighted by atomic mass is 32.1. The molecule has 7 aromatic carbocycles. The van der Waals surface area contributed by atoms with Gasteiger partial charge >= 0.3 is 0 Å². The van der Waals surface area contributed by atoms with Crippen molar-refractivity contribution in [1.29, 1.82) is 0 Å². The summed E-state index contributed by atoms with van der Waals surface area (Å²) in [6.07, 6.45) is 0. The monoisotopic (exact) mass is 721 g/mol. The maximum absolute atomic E-state index is 5.35. The first-order chi connectivity index (χ1) is 27.2. The van der Waals surface area contributed by atoms with Gasteiger partial charge in [-0.1, -0.05) is 158 Å². The number of nitrogens with zero attached hydrogens (tertiary/aromatic N) is 5. The maximum atomic E-state index is 5.35. The summed E-state index contributed by atoms with van der Waals surface area (Å²) in [7, 11) is 0. The van der Waals surface area contributed by atoms with Crippen molar-refractivity contribution in [3.63, 3.8) is 0 Å². The molecule has 0 saturated carbocycles. The molecule has 5 nitrogen and oxygen atoms in total. The molecule has 0 aliphatic carbocycles. The average molecular weight is 722 g/mol. The molecule has 0 saturated heterocycles. The lowest BCUT2D eigenvalue weighted by molar-refractivity contribution is 1.07. The van der Waals surface area contributed by atoms with Crippen LogP contribution < -0.4 is 0 Å². The van der Waals surface area contributed by atoms with E-state index in [1.54, 1.807) is 11.3 Å². The van der Waals surface area contributed by atoms with Gasteiger partial charge in [0.05, 0.1) is 15.9 Å². The first-order valence-electron chi connectivity index (χ1n) is 18.2. The summed E-state index contributed by atoms with van der Waals surface area (Å²) in [6.45, 7) is 0. The first kappa shape index (κ1) is 32.5. The second-order valence-electron chi connectivity index (χ2n) is 13.3. The van der Waals surface area contributed by atoms with Crippen LogP contribution >= 0.6 is 11.3 Å². The third-order valence-corrected chi connectivity index (χ3v) is 10.9. The van der Waals surface area contributed by atoms with Crippen molar-refractivity contribution in [2.45, 2.75) is 0 Å². The van der Waals surface area contributed by atoms with Gasteiger partial charge in [0, 0.05) is 37.9 Å². The molecular weight excluding hydrogens is 691 g/mol. The van der Waals surface area contributed by atoms with Crippen LogP contribution in [0.1, 0.15) is 0 Å². The Bertz CT molecular complexity index is 2910. The van der Waals surface area contributed by atoms with Crippen molar-refractivity contribution in [3.8, 4) is 79.1 Å². The summed E-state index contributed by atoms with van der Waals surface area (Å²) in [5.41, 5.74) is 10.8. The SMILES string of the molecule is c1ccc(-c2cccc(-c3cc(-c4nc(-c5ccccc5)nc(-c5ccccc5)n4)cc(-c4nc(-c5ccccc5)c5sc6ccccc6c5n4)c3)c2)cc1. The molecule has 3 heterocycles. The lowest BCUT2D eigenvalue weighted by atomic mass is 9.95. The molecule has 0 unspecified atom stereocenters. The molecule has 0 N–H and O–H groups in total. The molecule has 10 aromatic rings. The second-order valence-corrected chi connectivity index (χ2v) is 14.4. The predicted molar refractivity (Wildman–Crippen MR) is 226 cm³/mol. The van der Waals surface area contributed by atoms with Gasteiger partial charge in [-0.3, -0.25) is 0 Å². The van der Waals surface area contributed by atoms with E-state index in [0.717, 1.165) is 71.4 Å². The Morgan fingerprint density at radius 1 is 0.291 bits per heavy atom. The molecule has 10 rings (SSSR count). The lowest BCUT2D eigenvalue weighted by Crippen LogP contribution is -2.01. The number of fused-ring (bicyclic) bond motifs is 3. The van der Waals surface area contributed by atoms with E-state index in [0.29, 0.717) is 23.3 Å². The van der Waals surface area contributed by atoms with E-state index in [9.17, 15) is 0 Å². The van der Waals surface area contributed by atoms with E-state index in [-0.39, 0.29) is 0 Å². The van der Waals surface area contributed by atoms with Gasteiger partial charge in [0.1, 0.15) is 0 Å². The Labute approximate surface area is 322 Å². The molecule has 0 amide bonds. The van der Waals surface area contributed by atoms with Crippen molar-refractivity contribution in [1.82, 2.24) is 24.9 Å². The van der Waals surface area contributed by atoms with E-state index in [1.807, 2.05) is 72.8 Å². The molecule has 0 aliphatic rings. The van der Waals surface area contributed by atoms with Gasteiger partial charge in [-0.05, 0) is 52.6 Å². The molecule has 0 bridgehead atoms. The van der Waals surface area contributed by atoms with Crippen LogP contribution in [0.2, 0.25) is 0 Å². The van der Waals surface area contributed by atoms with E-state index in [4.69, 9.17) is 24.9 Å². The highest BCUT2D eigenvalue weighted by molar-refractivity contribution is 7.26. The van der Waals surface area contributed by atoms with Gasteiger partial charge in [0.2, 0.25) is 0 Å². The number of hydrogen-bond acceptors (Lipinski definition) is 6. The van der Waals surface area contributed by atoms with Crippen molar-refractivity contribution in [3.05, 3.63) is 188 Å². The van der Waals surface area contributed by atoms with E-state index in [2.05, 4.69) is 115 Å². The van der Waals surface area contributed by atoms with Crippen LogP contribution in [0.5, 0.6) is 0 Å². The number of aromatic nitrogens is 5. The van der Waals surface area contributed by atoms with Crippen LogP contribution in [0.15, 0.2) is 188 Å². The zero-order valence-corrected chi connectivity index (χ0v) is 30.4. The summed E-state index contributed by atoms with van der Waals surface area (Å²) in [5, 5.41) is 1.12. The van der Waals surface area contributed by atoms with Crippen molar-refractivity contribution in [2.75, 3.05) is 0 Å². The molecule has 0 aliphatic heterocycles. The molecule has 258 valence electrons. The van der Waals surface area contributed by atoms with Crippen LogP contribution in [-0.2, 0) is 0 Å². The van der Waals surface area contributed by atoms with Crippen LogP contribution in [-0.4, -0.2) is 24.9 Å². The maximum Gasteiger partial charge on any atom is 0.164 e. The number of thiophene rings is 1. The van der Waals surface area contributed by atoms with Gasteiger partial charge in [-0.2, -0.15) is 0 Å². The average Bonchev–Trinajstić information content (AvgIpc) is 3.66. The summed E-state index contributed by atoms with van der Waals surface area (Å²) in [4.78, 5) is 25.9. The summed E-state index contributed by atoms with van der Waals surface area (Å²) < 4.78 is 2.25. The number of hydrogen-bond donors (Lipinski definition) is 0. The fraction of sp³-hybridized carbons (Fsp3) is 0. The molecule has 55 heavy (non-hydrogen) atoms. The summed E-state index contributed by atoms with van der Waals surface area (Å²) >= 11 is 1.73. The fourth-order valence-corrected chi connectivity index (χ4v) is 8.16. The zero-order valence-electron chi connectivity index (χ0n) is 29.5. The van der Waals surface area contributed by atoms with Crippen molar-refractivity contribution in [2.24, 2.45) is 0 Å². The van der Waals surface area contributed by atoms with Gasteiger partial charge < -0.3 is 0 Å². The minimum absolute atomic E-state index is 0.570. The van der Waals surface area contributed by atoms with Gasteiger partial charge in [0.25, 0.3) is 0 Å². The van der Waals surface area contributed by atoms with Crippen molar-refractivity contribution >= 4 is 31.6 Å². The quantitative estimate of drug-likeness (QED) is 0.164. The minimum atomic E-state index is 0.570. The molecule has 3 aromatic heterocycles. The van der Waals surface area contributed by atoms with E-state index in [1.165, 1.54) is 4.70 Å². The highest BCUT2D eigenvalue weighted by Gasteiger charge is 2.19. The van der Waals surface area contributed by atoms with E-state index < -0.39 is 0 Å². The van der Waals surface area contributed by atoms with Crippen LogP contribution in [0.4, 0.5) is 0 Å². The Morgan fingerprint density at radius 3 is 1.31 bits per heavy atom. The summed E-state index contributed by atoms with van der Waals surface area (Å²) in [6, 6.07) is 64.6. The topological polar surface area (TPSA) is 64.5 Å². The van der Waals surface area contributed by atoms with Crippen molar-refractivity contribution < 1.29 is 0 Å². The molecule has 0 atom stereocenters. The number of rotatable bonds is 7. The van der Waals surface area contributed by atoms with Gasteiger partial charge in [-0.15, -0.1) is 11.3 Å². The standard InChI is InChI=1S/C49H31N5S/c1-5-16-32(17-6-1)36-24-15-25-37(28-36)38-29-39(48-50-43(33-18-7-2-8-19-33)45-44(51-48)41-26-13-14-27-42(41)55-45)31-40(30-38)49-53-46(34-20-9-3-10-21-34)52-47(54-49)35-22-11-4-12-23-35/h1-31H. The molecular formula is C49H31N5S. The lowest BCUT2D eigenvalue weighted by Gasteiger charge is -2.13. The molecule has 6 heteroatoms. The smallest absolute Gasteiger partial charge is 0.164 e. The molecule has 0 fully saturated rings. The van der Waals surface area contributed by atoms with Crippen LogP contribution in [0, 0.1) is 0 Å². The Morgan fingerprint density at radius 2 is 0.709 bits per heavy atom. The fourth-order valence-electron chi connectivity index (χ4n) is 7.01. The highest BCUT2D eigenvalue weighted by Crippen LogP contribution is 2.41. The summed E-state index contributed by atoms with van der Waals surface area (Å²) in [5.74, 6) is 2.42. The van der Waals surface area contributed by atoms with Crippen LogP contribution in [0.25, 0.3) is 99.4 Å². The Hall–Kier alpha value is -7.15. The van der Waals surface area contributed by atoms with E-state index >= 15 is 0 Å². The third-order valence-electron chi connectivity index (χ3n) is 9.72. The normalized spacial score (nSPS) is 11.3. The minimum Gasteiger partial charge on any atom is -0.226 e. The second kappa shape index (κ2) is 14.0. The largest absolute Gasteiger partial charge is 0.226 e. The van der Waals surface area contributed by atoms with Gasteiger partial charge in [-0.25, -0.2) is 24.9 Å². The van der Waals surface area contributed by atoms with Gasteiger partial charge in [0.15, 0.2) is 23.3 Å². The predicted octanol–water partition coefficient (Wildman–Crippen LogP) is 12.7. The number of benzene rings is 7. The Kier molecular flexibility index (Phi) is 8.28. The third kappa shape index (κ3) is 6.35. The Balaban J connectivity index is 1.23. The van der Waals surface area contributed by atoms with Crippen LogP contribution in [0.3, 0.4) is 0 Å². The zero-order chi connectivity index (χ0) is 36.6. The first-order valence-corrected chi connectivity index (χ1v) is 19.0. The molecule has 0 spiro atoms. The molecule has 0 radical (unpaired) electrons.